The maximum atomic E-state index is 11.9. The molecule has 0 bridgehead atoms. The summed E-state index contributed by atoms with van der Waals surface area (Å²) in [5.74, 6) is 0. The van der Waals surface area contributed by atoms with Crippen LogP contribution in [0, 0.1) is 0 Å². The van der Waals surface area contributed by atoms with Crippen LogP contribution in [0.1, 0.15) is 115 Å². The van der Waals surface area contributed by atoms with Crippen molar-refractivity contribution in [2.75, 3.05) is 0 Å². The van der Waals surface area contributed by atoms with Gasteiger partial charge in [0.1, 0.15) is 10.1 Å². The quantitative estimate of drug-likeness (QED) is 0.168. The Morgan fingerprint density at radius 2 is 1.18 bits per heavy atom. The number of rotatable bonds is 17. The molecule has 33 heavy (non-hydrogen) atoms. The van der Waals surface area contributed by atoms with Crippen molar-refractivity contribution in [3.63, 3.8) is 0 Å². The molecule has 0 aliphatic rings. The molecule has 0 aliphatic carbocycles. The maximum absolute atomic E-state index is 11.9. The van der Waals surface area contributed by atoms with E-state index in [0.29, 0.717) is 12.0 Å². The Kier molecular flexibility index (Phi) is 16.7. The Hall–Kier alpha value is 0.246. The Morgan fingerprint density at radius 3 is 1.73 bits per heavy atom. The predicted molar refractivity (Wildman–Crippen MR) is 135 cm³/mol. The monoisotopic (exact) mass is 498 g/mol. The summed E-state index contributed by atoms with van der Waals surface area (Å²) in [5, 5.41) is 1.98. The summed E-state index contributed by atoms with van der Waals surface area (Å²) in [7, 11) is -4.47. The summed E-state index contributed by atoms with van der Waals surface area (Å²) >= 11 is 0. The fourth-order valence-corrected chi connectivity index (χ4v) is 5.36. The SMILES string of the molecule is CCCCCCCCCc1ccc2c(CCCCCCCCC)c(S(=O)(=O)[O-])ccc2c1.[K+]. The van der Waals surface area contributed by atoms with Crippen LogP contribution in [0.5, 0.6) is 0 Å². The van der Waals surface area contributed by atoms with Gasteiger partial charge in [0.2, 0.25) is 0 Å². The second-order valence-corrected chi connectivity index (χ2v) is 10.6. The van der Waals surface area contributed by atoms with Gasteiger partial charge in [-0.25, -0.2) is 8.42 Å². The molecule has 180 valence electrons. The van der Waals surface area contributed by atoms with Crippen LogP contribution in [0.4, 0.5) is 0 Å². The minimum absolute atomic E-state index is 0. The summed E-state index contributed by atoms with van der Waals surface area (Å²) in [4.78, 5) is -0.0317. The molecular weight excluding hydrogens is 455 g/mol. The van der Waals surface area contributed by atoms with Crippen molar-refractivity contribution < 1.29 is 64.4 Å². The summed E-state index contributed by atoms with van der Waals surface area (Å²) in [6.07, 6.45) is 19.0. The van der Waals surface area contributed by atoms with Gasteiger partial charge in [-0.05, 0) is 53.6 Å². The van der Waals surface area contributed by atoms with Crippen molar-refractivity contribution in [2.45, 2.75) is 121 Å². The van der Waals surface area contributed by atoms with E-state index in [2.05, 4.69) is 26.0 Å². The standard InChI is InChI=1S/C28H44O3S.K/c1-3-5-7-9-11-13-15-17-24-19-21-26-25(23-24)20-22-28(32(29,30)31)27(26)18-16-14-12-10-8-6-4-2;/h19-23H,3-18H2,1-2H3,(H,29,30,31);/q;+1/p-1. The predicted octanol–water partition coefficient (Wildman–Crippen LogP) is 5.33. The van der Waals surface area contributed by atoms with Gasteiger partial charge in [0.25, 0.3) is 0 Å². The van der Waals surface area contributed by atoms with Gasteiger partial charge in [0.15, 0.2) is 0 Å². The Morgan fingerprint density at radius 1 is 0.667 bits per heavy atom. The first kappa shape index (κ1) is 31.3. The zero-order valence-corrected chi connectivity index (χ0v) is 25.3. The second kappa shape index (κ2) is 17.6. The first-order valence-corrected chi connectivity index (χ1v) is 14.4. The summed E-state index contributed by atoms with van der Waals surface area (Å²) in [6, 6.07) is 9.68. The molecule has 0 atom stereocenters. The topological polar surface area (TPSA) is 57.2 Å². The van der Waals surface area contributed by atoms with Crippen LogP contribution < -0.4 is 51.4 Å². The number of unbranched alkanes of at least 4 members (excludes halogenated alkanes) is 12. The van der Waals surface area contributed by atoms with E-state index in [1.807, 2.05) is 12.1 Å². The summed E-state index contributed by atoms with van der Waals surface area (Å²) < 4.78 is 35.7. The molecule has 2 aromatic rings. The van der Waals surface area contributed by atoms with Crippen molar-refractivity contribution in [3.8, 4) is 0 Å². The number of aryl methyl sites for hydroxylation is 2. The molecule has 3 nitrogen and oxygen atoms in total. The number of fused-ring (bicyclic) bond motifs is 1. The van der Waals surface area contributed by atoms with Gasteiger partial charge in [-0.2, -0.15) is 0 Å². The summed E-state index contributed by atoms with van der Waals surface area (Å²) in [6.45, 7) is 4.46. The molecule has 0 aliphatic heterocycles. The average molecular weight is 499 g/mol. The molecule has 0 amide bonds. The maximum Gasteiger partial charge on any atom is 1.00 e. The third-order valence-corrected chi connectivity index (χ3v) is 7.44. The molecule has 5 heteroatoms. The van der Waals surface area contributed by atoms with Crippen molar-refractivity contribution in [2.24, 2.45) is 0 Å². The molecule has 0 N–H and O–H groups in total. The van der Waals surface area contributed by atoms with Gasteiger partial charge in [0, 0.05) is 0 Å². The zero-order chi connectivity index (χ0) is 23.2. The van der Waals surface area contributed by atoms with Crippen LogP contribution in [0.2, 0.25) is 0 Å². The molecule has 0 unspecified atom stereocenters. The first-order valence-electron chi connectivity index (χ1n) is 13.0. The van der Waals surface area contributed by atoms with E-state index < -0.39 is 10.1 Å². The Labute approximate surface area is 245 Å². The average Bonchev–Trinajstić information content (AvgIpc) is 2.76. The van der Waals surface area contributed by atoms with E-state index in [1.54, 1.807) is 0 Å². The molecule has 0 spiro atoms. The third kappa shape index (κ3) is 11.7. The fraction of sp³-hybridized carbons (Fsp3) is 0.643. The van der Waals surface area contributed by atoms with Crippen LogP contribution >= 0.6 is 0 Å². The molecule has 0 heterocycles. The molecule has 2 rings (SSSR count). The van der Waals surface area contributed by atoms with E-state index in [0.717, 1.165) is 30.0 Å². The molecule has 2 aromatic carbocycles. The largest absolute Gasteiger partial charge is 1.00 e. The molecule has 0 saturated heterocycles. The smallest absolute Gasteiger partial charge is 0.744 e. The fourth-order valence-electron chi connectivity index (χ4n) is 4.62. The van der Waals surface area contributed by atoms with E-state index in [-0.39, 0.29) is 56.3 Å². The van der Waals surface area contributed by atoms with Gasteiger partial charge >= 0.3 is 51.4 Å². The molecular formula is C28H43KO3S. The van der Waals surface area contributed by atoms with Gasteiger partial charge in [-0.3, -0.25) is 0 Å². The number of benzene rings is 2. The van der Waals surface area contributed by atoms with Gasteiger partial charge in [-0.15, -0.1) is 0 Å². The molecule has 0 radical (unpaired) electrons. The normalized spacial score (nSPS) is 11.6. The van der Waals surface area contributed by atoms with Gasteiger partial charge < -0.3 is 4.55 Å². The number of hydrogen-bond donors (Lipinski definition) is 0. The van der Waals surface area contributed by atoms with Gasteiger partial charge in [-0.1, -0.05) is 115 Å². The third-order valence-electron chi connectivity index (χ3n) is 6.52. The minimum Gasteiger partial charge on any atom is -0.744 e. The zero-order valence-electron chi connectivity index (χ0n) is 21.3. The Bertz CT molecular complexity index is 909. The molecule has 0 saturated carbocycles. The van der Waals surface area contributed by atoms with Crippen molar-refractivity contribution in [3.05, 3.63) is 41.5 Å². The minimum atomic E-state index is -4.47. The molecule has 0 fully saturated rings. The van der Waals surface area contributed by atoms with E-state index in [4.69, 9.17) is 0 Å². The second-order valence-electron chi connectivity index (χ2n) is 9.29. The summed E-state index contributed by atoms with van der Waals surface area (Å²) in [5.41, 5.74) is 2.01. The van der Waals surface area contributed by atoms with Crippen LogP contribution in [-0.2, 0) is 23.0 Å². The van der Waals surface area contributed by atoms with E-state index in [9.17, 15) is 13.0 Å². The van der Waals surface area contributed by atoms with E-state index in [1.165, 1.54) is 88.7 Å². The van der Waals surface area contributed by atoms with Crippen LogP contribution in [0.25, 0.3) is 10.8 Å². The van der Waals surface area contributed by atoms with Gasteiger partial charge in [0.05, 0.1) is 4.90 Å². The number of hydrogen-bond acceptors (Lipinski definition) is 3. The Balaban J connectivity index is 0.00000544. The van der Waals surface area contributed by atoms with Crippen molar-refractivity contribution in [1.82, 2.24) is 0 Å². The van der Waals surface area contributed by atoms with Crippen LogP contribution in [-0.4, -0.2) is 13.0 Å². The van der Waals surface area contributed by atoms with Crippen LogP contribution in [0.3, 0.4) is 0 Å². The van der Waals surface area contributed by atoms with Crippen molar-refractivity contribution >= 4 is 20.9 Å². The van der Waals surface area contributed by atoms with E-state index >= 15 is 0 Å². The van der Waals surface area contributed by atoms with Crippen molar-refractivity contribution in [1.29, 1.82) is 0 Å². The first-order chi connectivity index (χ1) is 15.5. The van der Waals surface area contributed by atoms with Crippen LogP contribution in [0.15, 0.2) is 35.2 Å². The molecule has 0 aromatic heterocycles.